The summed E-state index contributed by atoms with van der Waals surface area (Å²) in [7, 11) is 0. The lowest BCUT2D eigenvalue weighted by molar-refractivity contribution is 0.0989. The zero-order valence-electron chi connectivity index (χ0n) is 9.71. The Morgan fingerprint density at radius 3 is 3.24 bits per heavy atom. The first kappa shape index (κ1) is 11.7. The second-order valence-electron chi connectivity index (χ2n) is 3.97. The van der Waals surface area contributed by atoms with E-state index in [2.05, 4.69) is 22.0 Å². The van der Waals surface area contributed by atoms with Crippen LogP contribution in [-0.2, 0) is 4.74 Å². The van der Waals surface area contributed by atoms with Crippen LogP contribution in [-0.4, -0.2) is 41.8 Å². The molecule has 0 spiro atoms. The van der Waals surface area contributed by atoms with Gasteiger partial charge < -0.3 is 20.6 Å². The van der Waals surface area contributed by atoms with Gasteiger partial charge in [0.15, 0.2) is 5.84 Å². The summed E-state index contributed by atoms with van der Waals surface area (Å²) in [5.41, 5.74) is 7.00. The summed E-state index contributed by atoms with van der Waals surface area (Å²) < 4.78 is 5.39. The third kappa shape index (κ3) is 2.31. The number of ether oxygens (including phenoxy) is 1. The van der Waals surface area contributed by atoms with Gasteiger partial charge >= 0.3 is 0 Å². The van der Waals surface area contributed by atoms with Crippen molar-refractivity contribution >= 4 is 11.5 Å². The van der Waals surface area contributed by atoms with Gasteiger partial charge in [-0.25, -0.2) is 0 Å². The molecule has 1 saturated heterocycles. The molecule has 17 heavy (non-hydrogen) atoms. The zero-order chi connectivity index (χ0) is 12.3. The van der Waals surface area contributed by atoms with Crippen LogP contribution in [0.3, 0.4) is 0 Å². The summed E-state index contributed by atoms with van der Waals surface area (Å²) in [6.07, 6.45) is 1.63. The fourth-order valence-electron chi connectivity index (χ4n) is 1.96. The smallest absolute Gasteiger partial charge is 0.190 e. The summed E-state index contributed by atoms with van der Waals surface area (Å²) in [6, 6.07) is 4.01. The maximum absolute atomic E-state index is 8.76. The van der Waals surface area contributed by atoms with E-state index in [1.54, 1.807) is 6.20 Å². The molecule has 2 heterocycles. The molecule has 0 radical (unpaired) electrons. The quantitative estimate of drug-likeness (QED) is 0.336. The van der Waals surface area contributed by atoms with E-state index in [9.17, 15) is 0 Å². The maximum Gasteiger partial charge on any atom is 0.190 e. The minimum atomic E-state index is 0.0271. The van der Waals surface area contributed by atoms with Crippen molar-refractivity contribution in [3.05, 3.63) is 24.0 Å². The van der Waals surface area contributed by atoms with E-state index in [1.807, 2.05) is 12.1 Å². The highest BCUT2D eigenvalue weighted by Gasteiger charge is 2.22. The number of morpholine rings is 1. The van der Waals surface area contributed by atoms with Crippen LogP contribution in [0.15, 0.2) is 23.5 Å². The number of aromatic nitrogens is 1. The molecule has 1 aliphatic heterocycles. The molecular weight excluding hydrogens is 220 g/mol. The fourth-order valence-corrected chi connectivity index (χ4v) is 1.96. The van der Waals surface area contributed by atoms with E-state index in [4.69, 9.17) is 15.7 Å². The predicted octanol–water partition coefficient (Wildman–Crippen LogP) is 0.401. The Labute approximate surface area is 99.7 Å². The molecule has 0 saturated carbocycles. The largest absolute Gasteiger partial charge is 0.409 e. The first-order valence-electron chi connectivity index (χ1n) is 5.51. The van der Waals surface area contributed by atoms with E-state index in [0.717, 1.165) is 12.2 Å². The van der Waals surface area contributed by atoms with Gasteiger partial charge in [0.2, 0.25) is 0 Å². The molecular formula is C11H16N4O2. The van der Waals surface area contributed by atoms with Crippen LogP contribution in [0.4, 0.5) is 5.69 Å². The van der Waals surface area contributed by atoms with E-state index < -0.39 is 0 Å². The van der Waals surface area contributed by atoms with Gasteiger partial charge in [0.1, 0.15) is 5.69 Å². The average Bonchev–Trinajstić information content (AvgIpc) is 2.38. The van der Waals surface area contributed by atoms with Crippen LogP contribution in [0.25, 0.3) is 0 Å². The van der Waals surface area contributed by atoms with Crippen molar-refractivity contribution in [3.63, 3.8) is 0 Å². The minimum absolute atomic E-state index is 0.0271. The minimum Gasteiger partial charge on any atom is -0.409 e. The maximum atomic E-state index is 8.76. The van der Waals surface area contributed by atoms with Gasteiger partial charge in [0.05, 0.1) is 18.9 Å². The van der Waals surface area contributed by atoms with Crippen molar-refractivity contribution < 1.29 is 9.94 Å². The number of nitrogens with zero attached hydrogens (tertiary/aromatic N) is 3. The topological polar surface area (TPSA) is 84.0 Å². The number of oxime groups is 1. The standard InChI is InChI=1S/C11H16N4O2/c1-8-7-17-6-5-15(8)9-3-2-4-13-10(9)11(12)14-16/h2-4,8,16H,5-7H2,1H3,(H2,12,14). The second-order valence-corrected chi connectivity index (χ2v) is 3.97. The summed E-state index contributed by atoms with van der Waals surface area (Å²) in [5, 5.41) is 11.8. The molecule has 1 fully saturated rings. The van der Waals surface area contributed by atoms with E-state index >= 15 is 0 Å². The normalized spacial score (nSPS) is 21.6. The highest BCUT2D eigenvalue weighted by molar-refractivity contribution is 6.00. The molecule has 6 nitrogen and oxygen atoms in total. The van der Waals surface area contributed by atoms with Gasteiger partial charge in [-0.1, -0.05) is 5.16 Å². The first-order chi connectivity index (χ1) is 8.24. The lowest BCUT2D eigenvalue weighted by Crippen LogP contribution is -2.44. The van der Waals surface area contributed by atoms with Gasteiger partial charge in [-0.3, -0.25) is 4.98 Å². The predicted molar refractivity (Wildman–Crippen MR) is 64.4 cm³/mol. The average molecular weight is 236 g/mol. The molecule has 1 atom stereocenters. The van der Waals surface area contributed by atoms with Crippen LogP contribution in [0.2, 0.25) is 0 Å². The summed E-state index contributed by atoms with van der Waals surface area (Å²) in [5.74, 6) is 0.0271. The molecule has 1 aromatic rings. The summed E-state index contributed by atoms with van der Waals surface area (Å²) in [4.78, 5) is 6.32. The Bertz CT molecular complexity index is 422. The molecule has 0 amide bonds. The van der Waals surface area contributed by atoms with E-state index in [-0.39, 0.29) is 11.9 Å². The van der Waals surface area contributed by atoms with Crippen molar-refractivity contribution in [2.24, 2.45) is 10.9 Å². The number of anilines is 1. The fraction of sp³-hybridized carbons (Fsp3) is 0.455. The summed E-state index contributed by atoms with van der Waals surface area (Å²) >= 11 is 0. The van der Waals surface area contributed by atoms with Crippen LogP contribution in [0.1, 0.15) is 12.6 Å². The molecule has 2 rings (SSSR count). The van der Waals surface area contributed by atoms with Crippen LogP contribution >= 0.6 is 0 Å². The molecule has 3 N–H and O–H groups in total. The molecule has 1 aliphatic rings. The molecule has 1 aromatic heterocycles. The lowest BCUT2D eigenvalue weighted by atomic mass is 10.2. The number of rotatable bonds is 2. The Hall–Kier alpha value is -1.82. The first-order valence-corrected chi connectivity index (χ1v) is 5.51. The van der Waals surface area contributed by atoms with Crippen molar-refractivity contribution in [3.8, 4) is 0 Å². The van der Waals surface area contributed by atoms with E-state index in [1.165, 1.54) is 0 Å². The van der Waals surface area contributed by atoms with Crippen molar-refractivity contribution in [2.45, 2.75) is 13.0 Å². The molecule has 1 unspecified atom stereocenters. The number of pyridine rings is 1. The lowest BCUT2D eigenvalue weighted by Gasteiger charge is -2.35. The Balaban J connectivity index is 2.37. The van der Waals surface area contributed by atoms with E-state index in [0.29, 0.717) is 18.9 Å². The highest BCUT2D eigenvalue weighted by atomic mass is 16.5. The van der Waals surface area contributed by atoms with Gasteiger partial charge in [-0.15, -0.1) is 0 Å². The summed E-state index contributed by atoms with van der Waals surface area (Å²) in [6.45, 7) is 4.19. The SMILES string of the molecule is CC1COCCN1c1cccnc1/C(N)=N/O. The Morgan fingerprint density at radius 2 is 2.53 bits per heavy atom. The van der Waals surface area contributed by atoms with Crippen molar-refractivity contribution in [1.82, 2.24) is 4.98 Å². The van der Waals surface area contributed by atoms with Crippen molar-refractivity contribution in [2.75, 3.05) is 24.7 Å². The number of amidine groups is 1. The molecule has 6 heteroatoms. The molecule has 0 aromatic carbocycles. The second kappa shape index (κ2) is 5.01. The van der Waals surface area contributed by atoms with Crippen LogP contribution < -0.4 is 10.6 Å². The van der Waals surface area contributed by atoms with Gasteiger partial charge in [-0.2, -0.15) is 0 Å². The Morgan fingerprint density at radius 1 is 1.71 bits per heavy atom. The molecule has 0 aliphatic carbocycles. The van der Waals surface area contributed by atoms with Gasteiger partial charge in [-0.05, 0) is 19.1 Å². The van der Waals surface area contributed by atoms with Crippen LogP contribution in [0.5, 0.6) is 0 Å². The van der Waals surface area contributed by atoms with Crippen molar-refractivity contribution in [1.29, 1.82) is 0 Å². The highest BCUT2D eigenvalue weighted by Crippen LogP contribution is 2.22. The number of hydrogen-bond acceptors (Lipinski definition) is 5. The number of hydrogen-bond donors (Lipinski definition) is 2. The van der Waals surface area contributed by atoms with Crippen LogP contribution in [0, 0.1) is 0 Å². The zero-order valence-corrected chi connectivity index (χ0v) is 9.71. The monoisotopic (exact) mass is 236 g/mol. The van der Waals surface area contributed by atoms with Gasteiger partial charge in [0.25, 0.3) is 0 Å². The van der Waals surface area contributed by atoms with Gasteiger partial charge in [0, 0.05) is 18.8 Å². The molecule has 92 valence electrons. The third-order valence-corrected chi connectivity index (χ3v) is 2.81. The molecule has 0 bridgehead atoms. The third-order valence-electron chi connectivity index (χ3n) is 2.81. The number of nitrogens with two attached hydrogens (primary N) is 1. The Kier molecular flexibility index (Phi) is 3.43.